The van der Waals surface area contributed by atoms with Gasteiger partial charge in [0.25, 0.3) is 5.91 Å². The summed E-state index contributed by atoms with van der Waals surface area (Å²) in [4.78, 5) is 23.6. The van der Waals surface area contributed by atoms with Crippen LogP contribution in [0.3, 0.4) is 0 Å². The molecule has 2 N–H and O–H groups in total. The summed E-state index contributed by atoms with van der Waals surface area (Å²) in [7, 11) is 0. The number of halogens is 1. The average Bonchev–Trinajstić information content (AvgIpc) is 2.43. The maximum atomic E-state index is 11.9. The van der Waals surface area contributed by atoms with Crippen LogP contribution in [0.15, 0.2) is 24.3 Å². The van der Waals surface area contributed by atoms with E-state index in [0.717, 1.165) is 6.42 Å². The number of carbonyl (C=O) groups is 2. The van der Waals surface area contributed by atoms with Crippen LogP contribution in [0.5, 0.6) is 0 Å². The zero-order valence-corrected chi connectivity index (χ0v) is 11.8. The largest absolute Gasteiger partial charge is 0.352 e. The van der Waals surface area contributed by atoms with Gasteiger partial charge in [0, 0.05) is 18.8 Å². The second-order valence-corrected chi connectivity index (χ2v) is 4.52. The van der Waals surface area contributed by atoms with Crippen molar-refractivity contribution >= 4 is 29.1 Å². The van der Waals surface area contributed by atoms with E-state index in [1.54, 1.807) is 24.3 Å². The van der Waals surface area contributed by atoms with Gasteiger partial charge in [0.2, 0.25) is 5.91 Å². The van der Waals surface area contributed by atoms with E-state index in [1.807, 2.05) is 6.92 Å². The second-order valence-electron chi connectivity index (χ2n) is 4.14. The molecule has 0 bridgehead atoms. The van der Waals surface area contributed by atoms with Gasteiger partial charge < -0.3 is 10.6 Å². The van der Waals surface area contributed by atoms with Crippen molar-refractivity contribution in [2.45, 2.75) is 26.2 Å². The summed E-state index contributed by atoms with van der Waals surface area (Å²) >= 11 is 5.54. The topological polar surface area (TPSA) is 58.2 Å². The summed E-state index contributed by atoms with van der Waals surface area (Å²) in [5, 5.41) is 5.54. The summed E-state index contributed by atoms with van der Waals surface area (Å²) in [5.74, 6) is 0.151. The number of para-hydroxylation sites is 1. The molecule has 5 heteroatoms. The number of hydrogen-bond donors (Lipinski definition) is 2. The Hall–Kier alpha value is -1.55. The molecule has 0 saturated heterocycles. The van der Waals surface area contributed by atoms with Gasteiger partial charge in [-0.3, -0.25) is 9.59 Å². The molecule has 1 aromatic rings. The molecule has 1 rings (SSSR count). The molecule has 1 aromatic carbocycles. The fourth-order valence-corrected chi connectivity index (χ4v) is 1.70. The van der Waals surface area contributed by atoms with Gasteiger partial charge in [0.15, 0.2) is 0 Å². The predicted octanol–water partition coefficient (Wildman–Crippen LogP) is 2.78. The SMILES string of the molecule is CCCNC(=O)c1ccccc1NC(=O)CCCCl. The fraction of sp³-hybridized carbons (Fsp3) is 0.429. The van der Waals surface area contributed by atoms with Gasteiger partial charge in [0.05, 0.1) is 11.3 Å². The Labute approximate surface area is 118 Å². The minimum absolute atomic E-state index is 0.128. The molecule has 0 aliphatic rings. The Kier molecular flexibility index (Phi) is 6.97. The zero-order valence-electron chi connectivity index (χ0n) is 11.0. The van der Waals surface area contributed by atoms with E-state index in [2.05, 4.69) is 10.6 Å². The summed E-state index contributed by atoms with van der Waals surface area (Å²) < 4.78 is 0. The van der Waals surface area contributed by atoms with Gasteiger partial charge in [-0.2, -0.15) is 0 Å². The molecule has 4 nitrogen and oxygen atoms in total. The second kappa shape index (κ2) is 8.53. The Morgan fingerprint density at radius 3 is 2.68 bits per heavy atom. The number of rotatable bonds is 7. The third kappa shape index (κ3) is 5.30. The predicted molar refractivity (Wildman–Crippen MR) is 77.6 cm³/mol. The van der Waals surface area contributed by atoms with Crippen LogP contribution in [0.2, 0.25) is 0 Å². The van der Waals surface area contributed by atoms with Crippen LogP contribution in [-0.4, -0.2) is 24.2 Å². The maximum absolute atomic E-state index is 11.9. The average molecular weight is 283 g/mol. The molecule has 2 amide bonds. The number of nitrogens with one attached hydrogen (secondary N) is 2. The molecule has 104 valence electrons. The van der Waals surface area contributed by atoms with Gasteiger partial charge in [-0.25, -0.2) is 0 Å². The van der Waals surface area contributed by atoms with E-state index in [-0.39, 0.29) is 11.8 Å². The number of alkyl halides is 1. The summed E-state index contributed by atoms with van der Waals surface area (Å²) in [6, 6.07) is 6.98. The first-order valence-corrected chi connectivity index (χ1v) is 6.95. The molecule has 0 saturated carbocycles. The number of carbonyl (C=O) groups excluding carboxylic acids is 2. The van der Waals surface area contributed by atoms with Crippen LogP contribution < -0.4 is 10.6 Å². The van der Waals surface area contributed by atoms with E-state index in [1.165, 1.54) is 0 Å². The molecule has 0 spiro atoms. The van der Waals surface area contributed by atoms with E-state index in [4.69, 9.17) is 11.6 Å². The van der Waals surface area contributed by atoms with Crippen LogP contribution in [0.4, 0.5) is 5.69 Å². The van der Waals surface area contributed by atoms with Crippen molar-refractivity contribution in [1.82, 2.24) is 5.32 Å². The summed E-state index contributed by atoms with van der Waals surface area (Å²) in [5.41, 5.74) is 1.02. The van der Waals surface area contributed by atoms with Crippen molar-refractivity contribution in [1.29, 1.82) is 0 Å². The van der Waals surface area contributed by atoms with Crippen LogP contribution in [0.1, 0.15) is 36.5 Å². The third-order valence-electron chi connectivity index (χ3n) is 2.52. The molecule has 0 fully saturated rings. The third-order valence-corrected chi connectivity index (χ3v) is 2.79. The van der Waals surface area contributed by atoms with Crippen LogP contribution in [0.25, 0.3) is 0 Å². The lowest BCUT2D eigenvalue weighted by atomic mass is 10.1. The summed E-state index contributed by atoms with van der Waals surface area (Å²) in [6.45, 7) is 2.60. The first-order chi connectivity index (χ1) is 9.19. The molecule has 19 heavy (non-hydrogen) atoms. The number of anilines is 1. The van der Waals surface area contributed by atoms with Gasteiger partial charge in [-0.1, -0.05) is 19.1 Å². The minimum Gasteiger partial charge on any atom is -0.352 e. The molecular weight excluding hydrogens is 264 g/mol. The molecule has 0 heterocycles. The Morgan fingerprint density at radius 2 is 2.00 bits per heavy atom. The highest BCUT2D eigenvalue weighted by Gasteiger charge is 2.12. The Morgan fingerprint density at radius 1 is 1.26 bits per heavy atom. The lowest BCUT2D eigenvalue weighted by Crippen LogP contribution is -2.25. The van der Waals surface area contributed by atoms with Crippen LogP contribution >= 0.6 is 11.6 Å². The van der Waals surface area contributed by atoms with Gasteiger partial charge >= 0.3 is 0 Å². The number of benzene rings is 1. The molecule has 0 radical (unpaired) electrons. The van der Waals surface area contributed by atoms with Crippen molar-refractivity contribution in [3.63, 3.8) is 0 Å². The first kappa shape index (κ1) is 15.5. The normalized spacial score (nSPS) is 10.0. The van der Waals surface area contributed by atoms with Crippen molar-refractivity contribution in [3.05, 3.63) is 29.8 Å². The highest BCUT2D eigenvalue weighted by atomic mass is 35.5. The molecular formula is C14H19ClN2O2. The van der Waals surface area contributed by atoms with Crippen molar-refractivity contribution < 1.29 is 9.59 Å². The number of amides is 2. The highest BCUT2D eigenvalue weighted by molar-refractivity contribution is 6.18. The minimum atomic E-state index is -0.171. The van der Waals surface area contributed by atoms with E-state index < -0.39 is 0 Å². The van der Waals surface area contributed by atoms with Crippen LogP contribution in [0, 0.1) is 0 Å². The van der Waals surface area contributed by atoms with E-state index in [0.29, 0.717) is 36.5 Å². The van der Waals surface area contributed by atoms with Crippen molar-refractivity contribution in [3.8, 4) is 0 Å². The smallest absolute Gasteiger partial charge is 0.253 e. The Balaban J connectivity index is 2.72. The maximum Gasteiger partial charge on any atom is 0.253 e. The number of hydrogen-bond acceptors (Lipinski definition) is 2. The van der Waals surface area contributed by atoms with Gasteiger partial charge in [-0.05, 0) is 25.0 Å². The molecule has 0 aromatic heterocycles. The monoisotopic (exact) mass is 282 g/mol. The highest BCUT2D eigenvalue weighted by Crippen LogP contribution is 2.15. The quantitative estimate of drug-likeness (QED) is 0.756. The van der Waals surface area contributed by atoms with Gasteiger partial charge in [0.1, 0.15) is 0 Å². The molecule has 0 atom stereocenters. The molecule has 0 unspecified atom stereocenters. The zero-order chi connectivity index (χ0) is 14.1. The summed E-state index contributed by atoms with van der Waals surface area (Å²) in [6.07, 6.45) is 1.85. The fourth-order valence-electron chi connectivity index (χ4n) is 1.56. The van der Waals surface area contributed by atoms with Crippen molar-refractivity contribution in [2.24, 2.45) is 0 Å². The van der Waals surface area contributed by atoms with Crippen molar-refractivity contribution in [2.75, 3.05) is 17.7 Å². The van der Waals surface area contributed by atoms with E-state index in [9.17, 15) is 9.59 Å². The van der Waals surface area contributed by atoms with E-state index >= 15 is 0 Å². The Bertz CT molecular complexity index is 435. The molecule has 0 aliphatic carbocycles. The van der Waals surface area contributed by atoms with Gasteiger partial charge in [-0.15, -0.1) is 11.6 Å². The lowest BCUT2D eigenvalue weighted by Gasteiger charge is -2.10. The lowest BCUT2D eigenvalue weighted by molar-refractivity contribution is -0.116. The first-order valence-electron chi connectivity index (χ1n) is 6.42. The molecule has 0 aliphatic heterocycles. The van der Waals surface area contributed by atoms with Crippen LogP contribution in [-0.2, 0) is 4.79 Å². The standard InChI is InChI=1S/C14H19ClN2O2/c1-2-10-16-14(19)11-6-3-4-7-12(11)17-13(18)8-5-9-15/h3-4,6-7H,2,5,8-10H2,1H3,(H,16,19)(H,17,18).